The quantitative estimate of drug-likeness (QED) is 0.154. The van der Waals surface area contributed by atoms with E-state index in [0.717, 1.165) is 17.2 Å². The molecule has 10 nitrogen and oxygen atoms in total. The minimum Gasteiger partial charge on any atom is -0.496 e. The van der Waals surface area contributed by atoms with E-state index < -0.39 is 28.2 Å². The lowest BCUT2D eigenvalue weighted by molar-refractivity contribution is 0.0780. The van der Waals surface area contributed by atoms with Crippen LogP contribution in [0.2, 0.25) is 5.02 Å². The second-order valence-corrected chi connectivity index (χ2v) is 10.9. The lowest BCUT2D eigenvalue weighted by atomic mass is 9.97. The molecule has 0 aliphatic carbocycles. The monoisotopic (exact) mass is 637 g/mol. The molecule has 2 heterocycles. The van der Waals surface area contributed by atoms with E-state index in [1.807, 2.05) is 6.07 Å². The largest absolute Gasteiger partial charge is 0.496 e. The van der Waals surface area contributed by atoms with Gasteiger partial charge in [-0.05, 0) is 67.4 Å². The van der Waals surface area contributed by atoms with E-state index >= 15 is 0 Å². The van der Waals surface area contributed by atoms with E-state index in [9.17, 15) is 18.7 Å². The van der Waals surface area contributed by atoms with Gasteiger partial charge in [0.05, 0.1) is 32.5 Å². The van der Waals surface area contributed by atoms with Gasteiger partial charge in [0, 0.05) is 23.9 Å². The number of aliphatic hydroxyl groups is 1. The van der Waals surface area contributed by atoms with Crippen LogP contribution in [0.1, 0.15) is 35.3 Å². The van der Waals surface area contributed by atoms with Crippen LogP contribution in [0.15, 0.2) is 60.8 Å². The van der Waals surface area contributed by atoms with Crippen LogP contribution < -0.4 is 24.8 Å². The molecule has 0 saturated heterocycles. The van der Waals surface area contributed by atoms with Crippen LogP contribution in [0.5, 0.6) is 17.2 Å². The summed E-state index contributed by atoms with van der Waals surface area (Å²) in [5.74, 6) is -0.871. The number of ether oxygens (including phenoxy) is 3. The molecular formula is C32H30ClF2N5O5. The number of amides is 1. The molecule has 234 valence electrons. The van der Waals surface area contributed by atoms with Crippen LogP contribution in [0.3, 0.4) is 0 Å². The van der Waals surface area contributed by atoms with E-state index in [1.54, 1.807) is 61.0 Å². The van der Waals surface area contributed by atoms with Crippen LogP contribution >= 0.6 is 11.6 Å². The fourth-order valence-electron chi connectivity index (χ4n) is 4.64. The lowest BCUT2D eigenvalue weighted by Crippen LogP contribution is -2.24. The molecule has 0 saturated carbocycles. The van der Waals surface area contributed by atoms with E-state index in [4.69, 9.17) is 25.8 Å². The Kier molecular flexibility index (Phi) is 8.80. The first-order chi connectivity index (χ1) is 21.4. The SMILES string of the molecule is COc1cc(-c2ccc3nc(Nc4c(OC)cc(C(C)(C)O)cc4OC)nn3c2)ccc1C(=O)NCc1ccc(F)c(Cl)c1F. The van der Waals surface area contributed by atoms with Crippen LogP contribution in [0, 0.1) is 11.6 Å². The summed E-state index contributed by atoms with van der Waals surface area (Å²) < 4.78 is 45.9. The molecule has 5 aromatic rings. The van der Waals surface area contributed by atoms with Gasteiger partial charge in [0.2, 0.25) is 5.95 Å². The van der Waals surface area contributed by atoms with Crippen LogP contribution in [-0.4, -0.2) is 46.9 Å². The third-order valence-corrected chi connectivity index (χ3v) is 7.46. The van der Waals surface area contributed by atoms with E-state index in [0.29, 0.717) is 28.4 Å². The van der Waals surface area contributed by atoms with E-state index in [1.165, 1.54) is 27.4 Å². The molecule has 3 N–H and O–H groups in total. The van der Waals surface area contributed by atoms with Crippen molar-refractivity contribution >= 4 is 34.8 Å². The number of halogens is 3. The molecular weight excluding hydrogens is 608 g/mol. The predicted octanol–water partition coefficient (Wildman–Crippen LogP) is 6.25. The second-order valence-electron chi connectivity index (χ2n) is 10.5. The molecule has 3 aromatic carbocycles. The molecule has 0 bridgehead atoms. The summed E-state index contributed by atoms with van der Waals surface area (Å²) in [4.78, 5) is 17.5. The lowest BCUT2D eigenvalue weighted by Gasteiger charge is -2.22. The standard InChI is InChI=1S/C32H30ClF2N5O5/c1-32(2,42)20-13-24(44-4)29(25(14-20)45-5)38-31-37-26-11-8-19(16-40(26)39-31)17-6-9-21(23(12-17)43-3)30(41)36-15-18-7-10-22(34)27(33)28(18)35/h6-14,16,42H,15H2,1-5H3,(H,36,41)(H,38,39). The van der Waals surface area contributed by atoms with Crippen LogP contribution in [-0.2, 0) is 12.1 Å². The van der Waals surface area contributed by atoms with Gasteiger partial charge >= 0.3 is 0 Å². The first kappa shape index (κ1) is 31.5. The predicted molar refractivity (Wildman–Crippen MR) is 166 cm³/mol. The van der Waals surface area contributed by atoms with E-state index in [2.05, 4.69) is 20.7 Å². The van der Waals surface area contributed by atoms with Gasteiger partial charge in [-0.2, -0.15) is 4.98 Å². The number of carbonyl (C=O) groups is 1. The number of hydrogen-bond donors (Lipinski definition) is 3. The van der Waals surface area contributed by atoms with Crippen molar-refractivity contribution < 1.29 is 32.9 Å². The molecule has 2 aromatic heterocycles. The number of benzene rings is 3. The minimum atomic E-state index is -1.11. The molecule has 45 heavy (non-hydrogen) atoms. The van der Waals surface area contributed by atoms with Gasteiger partial charge in [0.1, 0.15) is 39.6 Å². The average molecular weight is 638 g/mol. The number of nitrogens with one attached hydrogen (secondary N) is 2. The van der Waals surface area contributed by atoms with Gasteiger partial charge in [0.15, 0.2) is 5.65 Å². The summed E-state index contributed by atoms with van der Waals surface area (Å²) in [5, 5.41) is 20.2. The van der Waals surface area contributed by atoms with Crippen molar-refractivity contribution in [1.82, 2.24) is 19.9 Å². The minimum absolute atomic E-state index is 0.0448. The highest BCUT2D eigenvalue weighted by Crippen LogP contribution is 2.40. The van der Waals surface area contributed by atoms with Crippen molar-refractivity contribution in [3.63, 3.8) is 0 Å². The fraction of sp³-hybridized carbons (Fsp3) is 0.219. The Labute approximate surface area is 262 Å². The first-order valence-electron chi connectivity index (χ1n) is 13.6. The zero-order valence-electron chi connectivity index (χ0n) is 25.0. The van der Waals surface area contributed by atoms with Crippen LogP contribution in [0.4, 0.5) is 20.4 Å². The third kappa shape index (κ3) is 6.47. The maximum atomic E-state index is 14.3. The summed E-state index contributed by atoms with van der Waals surface area (Å²) in [6, 6.07) is 14.4. The molecule has 1 amide bonds. The van der Waals surface area contributed by atoms with Crippen LogP contribution in [0.25, 0.3) is 16.8 Å². The molecule has 0 radical (unpaired) electrons. The Bertz CT molecular complexity index is 1880. The maximum Gasteiger partial charge on any atom is 0.255 e. The Balaban J connectivity index is 1.38. The van der Waals surface area contributed by atoms with Gasteiger partial charge in [-0.1, -0.05) is 23.7 Å². The topological polar surface area (TPSA) is 119 Å². The molecule has 0 unspecified atom stereocenters. The van der Waals surface area contributed by atoms with Crippen molar-refractivity contribution in [3.8, 4) is 28.4 Å². The van der Waals surface area contributed by atoms with Crippen molar-refractivity contribution in [2.24, 2.45) is 0 Å². The summed E-state index contributed by atoms with van der Waals surface area (Å²) in [7, 11) is 4.47. The number of fused-ring (bicyclic) bond motifs is 1. The van der Waals surface area contributed by atoms with E-state index in [-0.39, 0.29) is 29.4 Å². The number of rotatable bonds is 10. The number of carbonyl (C=O) groups excluding carboxylic acids is 1. The number of nitrogens with zero attached hydrogens (tertiary/aromatic N) is 3. The Morgan fingerprint density at radius 2 is 1.62 bits per heavy atom. The fourth-order valence-corrected chi connectivity index (χ4v) is 4.82. The Morgan fingerprint density at radius 1 is 0.956 bits per heavy atom. The number of hydrogen-bond acceptors (Lipinski definition) is 8. The molecule has 0 aliphatic heterocycles. The third-order valence-electron chi connectivity index (χ3n) is 7.11. The maximum absolute atomic E-state index is 14.3. The van der Waals surface area contributed by atoms with Crippen molar-refractivity contribution in [1.29, 1.82) is 0 Å². The Morgan fingerprint density at radius 3 is 2.27 bits per heavy atom. The number of methoxy groups -OCH3 is 3. The van der Waals surface area contributed by atoms with Crippen molar-refractivity contribution in [2.75, 3.05) is 26.6 Å². The Hall–Kier alpha value is -4.94. The van der Waals surface area contributed by atoms with Gasteiger partial charge in [-0.15, -0.1) is 5.10 Å². The summed E-state index contributed by atoms with van der Waals surface area (Å²) in [6.07, 6.45) is 1.77. The number of aromatic nitrogens is 3. The van der Waals surface area contributed by atoms with Crippen molar-refractivity contribution in [3.05, 3.63) is 94.1 Å². The number of anilines is 2. The molecule has 0 fully saturated rings. The molecule has 13 heteroatoms. The van der Waals surface area contributed by atoms with Gasteiger partial charge in [-0.3, -0.25) is 4.79 Å². The van der Waals surface area contributed by atoms with Crippen molar-refractivity contribution in [2.45, 2.75) is 26.0 Å². The highest BCUT2D eigenvalue weighted by atomic mass is 35.5. The molecule has 0 atom stereocenters. The second kappa shape index (κ2) is 12.6. The van der Waals surface area contributed by atoms with Gasteiger partial charge in [0.25, 0.3) is 5.91 Å². The highest BCUT2D eigenvalue weighted by molar-refractivity contribution is 6.31. The molecule has 0 aliphatic rings. The highest BCUT2D eigenvalue weighted by Gasteiger charge is 2.23. The normalized spacial score (nSPS) is 11.4. The summed E-state index contributed by atoms with van der Waals surface area (Å²) >= 11 is 5.64. The van der Waals surface area contributed by atoms with Gasteiger partial charge in [-0.25, -0.2) is 13.3 Å². The summed E-state index contributed by atoms with van der Waals surface area (Å²) in [6.45, 7) is 3.14. The summed E-state index contributed by atoms with van der Waals surface area (Å²) in [5.41, 5.74) is 2.32. The molecule has 5 rings (SSSR count). The smallest absolute Gasteiger partial charge is 0.255 e. The molecule has 0 spiro atoms. The average Bonchev–Trinajstić information content (AvgIpc) is 3.44. The first-order valence-corrected chi connectivity index (χ1v) is 14.0. The number of pyridine rings is 1. The zero-order valence-corrected chi connectivity index (χ0v) is 25.8. The zero-order chi connectivity index (χ0) is 32.5. The van der Waals surface area contributed by atoms with Gasteiger partial charge < -0.3 is 30.0 Å².